The molecule has 0 aliphatic carbocycles. The predicted molar refractivity (Wildman–Crippen MR) is 80.1 cm³/mol. The maximum absolute atomic E-state index is 11.8. The summed E-state index contributed by atoms with van der Waals surface area (Å²) in [6, 6.07) is 5.62. The zero-order valence-electron chi connectivity index (χ0n) is 11.0. The number of alkyl halides is 1. The molecule has 0 aliphatic rings. The van der Waals surface area contributed by atoms with Crippen molar-refractivity contribution in [2.24, 2.45) is 0 Å². The lowest BCUT2D eigenvalue weighted by Gasteiger charge is -2.09. The van der Waals surface area contributed by atoms with Crippen LogP contribution < -0.4 is 9.44 Å². The van der Waals surface area contributed by atoms with Crippen LogP contribution in [0.1, 0.15) is 12.8 Å². The number of rotatable bonds is 8. The number of hydrogen-bond acceptors (Lipinski definition) is 4. The first kappa shape index (κ1) is 17.2. The fraction of sp³-hybridized carbons (Fsp3) is 0.455. The Balaban J connectivity index is 2.86. The van der Waals surface area contributed by atoms with Gasteiger partial charge in [0.2, 0.25) is 20.0 Å². The standard InChI is InChI=1S/C11H17ClN2O4S2/c1-13-20(17,18)11-6-4-5-10(9-11)14-19(15,16)8-3-2-7-12/h4-6,9,13-14H,2-3,7-8H2,1H3. The minimum atomic E-state index is -3.60. The summed E-state index contributed by atoms with van der Waals surface area (Å²) in [6.45, 7) is 0. The fourth-order valence-corrected chi connectivity index (χ4v) is 3.60. The van der Waals surface area contributed by atoms with Gasteiger partial charge in [0.25, 0.3) is 0 Å². The second kappa shape index (κ2) is 7.26. The van der Waals surface area contributed by atoms with E-state index >= 15 is 0 Å². The van der Waals surface area contributed by atoms with E-state index in [9.17, 15) is 16.8 Å². The van der Waals surface area contributed by atoms with Crippen molar-refractivity contribution in [2.45, 2.75) is 17.7 Å². The monoisotopic (exact) mass is 340 g/mol. The maximum atomic E-state index is 11.8. The predicted octanol–water partition coefficient (Wildman–Crippen LogP) is 1.36. The zero-order valence-corrected chi connectivity index (χ0v) is 13.4. The first-order valence-electron chi connectivity index (χ1n) is 5.91. The summed E-state index contributed by atoms with van der Waals surface area (Å²) in [5.41, 5.74) is 0.215. The number of unbranched alkanes of at least 4 members (excludes halogenated alkanes) is 1. The second-order valence-electron chi connectivity index (χ2n) is 4.05. The van der Waals surface area contributed by atoms with Crippen molar-refractivity contribution in [2.75, 3.05) is 23.4 Å². The zero-order chi connectivity index (χ0) is 15.2. The van der Waals surface area contributed by atoms with E-state index in [2.05, 4.69) is 9.44 Å². The molecule has 6 nitrogen and oxygen atoms in total. The van der Waals surface area contributed by atoms with Crippen molar-refractivity contribution in [1.82, 2.24) is 4.72 Å². The topological polar surface area (TPSA) is 92.3 Å². The molecule has 0 bridgehead atoms. The molecule has 1 aromatic carbocycles. The van der Waals surface area contributed by atoms with Gasteiger partial charge < -0.3 is 0 Å². The summed E-state index contributed by atoms with van der Waals surface area (Å²) in [4.78, 5) is 0.000887. The summed E-state index contributed by atoms with van der Waals surface area (Å²) in [7, 11) is -5.81. The highest BCUT2D eigenvalue weighted by Crippen LogP contribution is 2.16. The molecule has 0 atom stereocenters. The molecule has 0 aromatic heterocycles. The largest absolute Gasteiger partial charge is 0.284 e. The molecule has 9 heteroatoms. The lowest BCUT2D eigenvalue weighted by molar-refractivity contribution is 0.587. The summed E-state index contributed by atoms with van der Waals surface area (Å²) in [5.74, 6) is 0.355. The molecule has 0 fully saturated rings. The molecule has 0 aliphatic heterocycles. The van der Waals surface area contributed by atoms with Gasteiger partial charge in [0, 0.05) is 11.6 Å². The van der Waals surface area contributed by atoms with E-state index < -0.39 is 20.0 Å². The van der Waals surface area contributed by atoms with Crippen molar-refractivity contribution in [3.8, 4) is 0 Å². The molecule has 1 rings (SSSR count). The Kier molecular flexibility index (Phi) is 6.25. The molecule has 2 N–H and O–H groups in total. The van der Waals surface area contributed by atoms with Crippen molar-refractivity contribution in [1.29, 1.82) is 0 Å². The van der Waals surface area contributed by atoms with E-state index in [1.165, 1.54) is 31.3 Å². The van der Waals surface area contributed by atoms with Crippen LogP contribution in [-0.2, 0) is 20.0 Å². The van der Waals surface area contributed by atoms with Crippen molar-refractivity contribution >= 4 is 37.3 Å². The lowest BCUT2D eigenvalue weighted by Crippen LogP contribution is -2.20. The van der Waals surface area contributed by atoms with Gasteiger partial charge in [0.05, 0.1) is 10.6 Å². The van der Waals surface area contributed by atoms with Crippen LogP contribution in [0.5, 0.6) is 0 Å². The molecule has 0 heterocycles. The van der Waals surface area contributed by atoms with E-state index in [1.807, 2.05) is 0 Å². The van der Waals surface area contributed by atoms with Crippen LogP contribution in [0.25, 0.3) is 0 Å². The SMILES string of the molecule is CNS(=O)(=O)c1cccc(NS(=O)(=O)CCCCCl)c1. The molecule has 1 aromatic rings. The Morgan fingerprint density at radius 3 is 2.45 bits per heavy atom. The molecule has 0 saturated carbocycles. The van der Waals surface area contributed by atoms with Crippen LogP contribution in [0.3, 0.4) is 0 Å². The molecule has 114 valence electrons. The summed E-state index contributed by atoms with van der Waals surface area (Å²) in [5, 5.41) is 0. The maximum Gasteiger partial charge on any atom is 0.240 e. The van der Waals surface area contributed by atoms with E-state index in [1.54, 1.807) is 0 Å². The van der Waals surface area contributed by atoms with Crippen molar-refractivity contribution in [3.63, 3.8) is 0 Å². The third kappa shape index (κ3) is 5.28. The lowest BCUT2D eigenvalue weighted by atomic mass is 10.3. The van der Waals surface area contributed by atoms with Gasteiger partial charge >= 0.3 is 0 Å². The molecule has 0 radical (unpaired) electrons. The second-order valence-corrected chi connectivity index (χ2v) is 8.16. The highest BCUT2D eigenvalue weighted by Gasteiger charge is 2.14. The van der Waals surface area contributed by atoms with E-state index in [0.717, 1.165) is 0 Å². The first-order chi connectivity index (χ1) is 9.30. The van der Waals surface area contributed by atoms with Crippen LogP contribution in [0.2, 0.25) is 0 Å². The molecular weight excluding hydrogens is 324 g/mol. The highest BCUT2D eigenvalue weighted by molar-refractivity contribution is 7.92. The number of halogens is 1. The molecule has 0 saturated heterocycles. The Labute approximate surface area is 124 Å². The smallest absolute Gasteiger partial charge is 0.240 e. The number of nitrogens with one attached hydrogen (secondary N) is 2. The van der Waals surface area contributed by atoms with Gasteiger partial charge in [-0.15, -0.1) is 11.6 Å². The van der Waals surface area contributed by atoms with Crippen LogP contribution in [0.4, 0.5) is 5.69 Å². The number of sulfonamides is 2. The van der Waals surface area contributed by atoms with Crippen LogP contribution >= 0.6 is 11.6 Å². The van der Waals surface area contributed by atoms with Gasteiger partial charge in [-0.1, -0.05) is 6.07 Å². The van der Waals surface area contributed by atoms with Gasteiger partial charge in [0.1, 0.15) is 0 Å². The molecule has 0 unspecified atom stereocenters. The van der Waals surface area contributed by atoms with Gasteiger partial charge in [-0.3, -0.25) is 4.72 Å². The fourth-order valence-electron chi connectivity index (χ4n) is 1.46. The van der Waals surface area contributed by atoms with Crippen LogP contribution in [-0.4, -0.2) is 35.5 Å². The summed E-state index contributed by atoms with van der Waals surface area (Å²) < 4.78 is 51.3. The third-order valence-electron chi connectivity index (χ3n) is 2.48. The first-order valence-corrected chi connectivity index (χ1v) is 9.58. The molecule has 20 heavy (non-hydrogen) atoms. The average molecular weight is 341 g/mol. The van der Waals surface area contributed by atoms with E-state index in [4.69, 9.17) is 11.6 Å². The van der Waals surface area contributed by atoms with E-state index in [-0.39, 0.29) is 16.3 Å². The Hall–Kier alpha value is -0.830. The van der Waals surface area contributed by atoms with E-state index in [0.29, 0.717) is 18.7 Å². The number of benzene rings is 1. The van der Waals surface area contributed by atoms with Gasteiger partial charge in [0.15, 0.2) is 0 Å². The van der Waals surface area contributed by atoms with Gasteiger partial charge in [-0.2, -0.15) is 0 Å². The molecular formula is C11H17ClN2O4S2. The minimum Gasteiger partial charge on any atom is -0.284 e. The molecule has 0 spiro atoms. The van der Waals surface area contributed by atoms with Crippen molar-refractivity contribution < 1.29 is 16.8 Å². The Morgan fingerprint density at radius 2 is 1.85 bits per heavy atom. The number of anilines is 1. The highest BCUT2D eigenvalue weighted by atomic mass is 35.5. The Morgan fingerprint density at radius 1 is 1.15 bits per heavy atom. The quantitative estimate of drug-likeness (QED) is 0.552. The Bertz CT molecular complexity index is 644. The normalized spacial score (nSPS) is 12.3. The van der Waals surface area contributed by atoms with Crippen molar-refractivity contribution in [3.05, 3.63) is 24.3 Å². The average Bonchev–Trinajstić information content (AvgIpc) is 2.38. The minimum absolute atomic E-state index is 0.000887. The van der Waals surface area contributed by atoms with Crippen LogP contribution in [0.15, 0.2) is 29.2 Å². The number of hydrogen-bond donors (Lipinski definition) is 2. The third-order valence-corrected chi connectivity index (χ3v) is 5.54. The molecule has 0 amide bonds. The van der Waals surface area contributed by atoms with Gasteiger partial charge in [-0.05, 0) is 38.1 Å². The van der Waals surface area contributed by atoms with Gasteiger partial charge in [-0.25, -0.2) is 21.6 Å². The summed E-state index contributed by atoms with van der Waals surface area (Å²) in [6.07, 6.45) is 1.06. The van der Waals surface area contributed by atoms with Crippen LogP contribution in [0, 0.1) is 0 Å². The summed E-state index contributed by atoms with van der Waals surface area (Å²) >= 11 is 5.49.